The van der Waals surface area contributed by atoms with Crippen LogP contribution in [0.1, 0.15) is 60.7 Å². The van der Waals surface area contributed by atoms with Gasteiger partial charge in [-0.2, -0.15) is 0 Å². The molecule has 0 atom stereocenters. The van der Waals surface area contributed by atoms with Crippen LogP contribution in [0.25, 0.3) is 22.9 Å². The Hall–Kier alpha value is -3.40. The van der Waals surface area contributed by atoms with E-state index < -0.39 is 11.5 Å². The summed E-state index contributed by atoms with van der Waals surface area (Å²) in [6.45, 7) is 7.59. The first-order valence-corrected chi connectivity index (χ1v) is 10.4. The fourth-order valence-electron chi connectivity index (χ4n) is 3.50. The molecule has 1 N–H and O–H groups in total. The van der Waals surface area contributed by atoms with Gasteiger partial charge in [-0.1, -0.05) is 80.6 Å². The van der Waals surface area contributed by atoms with Gasteiger partial charge in [0.2, 0.25) is 0 Å². The number of hydrogen-bond acceptors (Lipinski definition) is 3. The molecule has 0 spiro atoms. The predicted octanol–water partition coefficient (Wildman–Crippen LogP) is 5.82. The Morgan fingerprint density at radius 1 is 0.935 bits per heavy atom. The number of carbonyl (C=O) groups is 2. The van der Waals surface area contributed by atoms with Gasteiger partial charge in [0.1, 0.15) is 5.54 Å². The molecule has 0 bridgehead atoms. The third-order valence-electron chi connectivity index (χ3n) is 5.38. The molecule has 0 saturated carbocycles. The maximum Gasteiger partial charge on any atom is 0.330 e. The van der Waals surface area contributed by atoms with E-state index in [1.807, 2.05) is 42.5 Å². The minimum absolute atomic E-state index is 0.323. The van der Waals surface area contributed by atoms with Gasteiger partial charge in [-0.25, -0.2) is 4.79 Å². The summed E-state index contributed by atoms with van der Waals surface area (Å²) in [6.07, 6.45) is 3.97. The van der Waals surface area contributed by atoms with Gasteiger partial charge in [0, 0.05) is 5.56 Å². The fraction of sp³-hybridized carbons (Fsp3) is 0.259. The van der Waals surface area contributed by atoms with E-state index in [0.717, 1.165) is 21.9 Å². The van der Waals surface area contributed by atoms with Crippen LogP contribution in [-0.4, -0.2) is 24.5 Å². The van der Waals surface area contributed by atoms with Crippen molar-refractivity contribution in [3.05, 3.63) is 82.9 Å². The monoisotopic (exact) mass is 415 g/mol. The second-order valence-corrected chi connectivity index (χ2v) is 8.47. The highest BCUT2D eigenvalue weighted by Crippen LogP contribution is 2.26. The van der Waals surface area contributed by atoms with Crippen molar-refractivity contribution in [2.45, 2.75) is 39.2 Å². The van der Waals surface area contributed by atoms with Crippen molar-refractivity contribution in [3.8, 4) is 0 Å². The number of methoxy groups -OCH3 is 1. The average molecular weight is 416 g/mol. The third kappa shape index (κ3) is 5.02. The van der Waals surface area contributed by atoms with Gasteiger partial charge >= 0.3 is 5.97 Å². The third-order valence-corrected chi connectivity index (χ3v) is 5.38. The van der Waals surface area contributed by atoms with Gasteiger partial charge in [0.25, 0.3) is 5.91 Å². The van der Waals surface area contributed by atoms with Crippen molar-refractivity contribution in [3.63, 3.8) is 0 Å². The Morgan fingerprint density at radius 3 is 2.26 bits per heavy atom. The second-order valence-electron chi connectivity index (χ2n) is 8.47. The van der Waals surface area contributed by atoms with Crippen LogP contribution < -0.4 is 5.32 Å². The molecule has 31 heavy (non-hydrogen) atoms. The average Bonchev–Trinajstić information content (AvgIpc) is 2.76. The number of rotatable bonds is 6. The maximum absolute atomic E-state index is 13.1. The first-order chi connectivity index (χ1) is 14.7. The van der Waals surface area contributed by atoms with Crippen molar-refractivity contribution in [1.82, 2.24) is 5.32 Å². The molecule has 4 nitrogen and oxygen atoms in total. The summed E-state index contributed by atoms with van der Waals surface area (Å²) in [5.74, 6) is -0.343. The van der Waals surface area contributed by atoms with Gasteiger partial charge in [0.15, 0.2) is 0 Å². The molecule has 160 valence electrons. The molecular formula is C27H29NO3. The molecule has 0 heterocycles. The number of hydrogen-bond donors (Lipinski definition) is 1. The van der Waals surface area contributed by atoms with Gasteiger partial charge in [-0.3, -0.25) is 4.79 Å². The normalized spacial score (nSPS) is 11.8. The zero-order chi connectivity index (χ0) is 22.6. The predicted molar refractivity (Wildman–Crippen MR) is 127 cm³/mol. The largest absolute Gasteiger partial charge is 0.467 e. The zero-order valence-electron chi connectivity index (χ0n) is 18.7. The standard InChI is InChI=1S/C27H29NO3/c1-18(2)20-13-10-19(11-14-20)12-16-23-22-9-7-6-8-21(22)15-17-24(23)25(29)28-27(3,4)26(30)31-5/h6-18H,1-5H3,(H,28,29)/b16-12+. The summed E-state index contributed by atoms with van der Waals surface area (Å²) in [4.78, 5) is 25.2. The van der Waals surface area contributed by atoms with E-state index in [1.165, 1.54) is 12.7 Å². The Bertz CT molecular complexity index is 1120. The molecule has 0 aliphatic rings. The van der Waals surface area contributed by atoms with E-state index in [2.05, 4.69) is 43.4 Å². The summed E-state index contributed by atoms with van der Waals surface area (Å²) in [7, 11) is 1.31. The van der Waals surface area contributed by atoms with Crippen molar-refractivity contribution in [1.29, 1.82) is 0 Å². The van der Waals surface area contributed by atoms with Gasteiger partial charge in [-0.15, -0.1) is 0 Å². The van der Waals surface area contributed by atoms with Crippen LogP contribution in [0.3, 0.4) is 0 Å². The van der Waals surface area contributed by atoms with Gasteiger partial charge in [-0.05, 0) is 53.3 Å². The van der Waals surface area contributed by atoms with E-state index in [1.54, 1.807) is 19.9 Å². The lowest BCUT2D eigenvalue weighted by Gasteiger charge is -2.23. The first-order valence-electron chi connectivity index (χ1n) is 10.4. The minimum Gasteiger partial charge on any atom is -0.467 e. The fourth-order valence-corrected chi connectivity index (χ4v) is 3.50. The smallest absolute Gasteiger partial charge is 0.330 e. The highest BCUT2D eigenvalue weighted by atomic mass is 16.5. The van der Waals surface area contributed by atoms with Crippen LogP contribution in [-0.2, 0) is 9.53 Å². The van der Waals surface area contributed by atoms with Crippen molar-refractivity contribution < 1.29 is 14.3 Å². The molecular weight excluding hydrogens is 386 g/mol. The molecule has 0 radical (unpaired) electrons. The van der Waals surface area contributed by atoms with Crippen molar-refractivity contribution in [2.75, 3.05) is 7.11 Å². The molecule has 0 fully saturated rings. The number of nitrogens with one attached hydrogen (secondary N) is 1. The number of carbonyl (C=O) groups excluding carboxylic acids is 2. The quantitative estimate of drug-likeness (QED) is 0.408. The summed E-state index contributed by atoms with van der Waals surface area (Å²) < 4.78 is 4.82. The van der Waals surface area contributed by atoms with E-state index in [4.69, 9.17) is 4.74 Å². The topological polar surface area (TPSA) is 55.4 Å². The SMILES string of the molecule is COC(=O)C(C)(C)NC(=O)c1ccc2ccccc2c1/C=C/c1ccc(C(C)C)cc1. The van der Waals surface area contributed by atoms with Crippen LogP contribution in [0.15, 0.2) is 60.7 Å². The van der Waals surface area contributed by atoms with Gasteiger partial charge < -0.3 is 10.1 Å². The van der Waals surface area contributed by atoms with E-state index in [0.29, 0.717) is 11.5 Å². The maximum atomic E-state index is 13.1. The lowest BCUT2D eigenvalue weighted by atomic mass is 9.96. The number of amides is 1. The summed E-state index contributed by atoms with van der Waals surface area (Å²) in [5.41, 5.74) is 2.52. The highest BCUT2D eigenvalue weighted by molar-refractivity contribution is 6.07. The Kier molecular flexibility index (Phi) is 6.59. The van der Waals surface area contributed by atoms with E-state index in [-0.39, 0.29) is 5.91 Å². The Morgan fingerprint density at radius 2 is 1.61 bits per heavy atom. The highest BCUT2D eigenvalue weighted by Gasteiger charge is 2.31. The van der Waals surface area contributed by atoms with Crippen LogP contribution in [0.4, 0.5) is 0 Å². The zero-order valence-corrected chi connectivity index (χ0v) is 18.7. The summed E-state index contributed by atoms with van der Waals surface area (Å²) in [5, 5.41) is 4.81. The molecule has 3 aromatic rings. The van der Waals surface area contributed by atoms with Crippen LogP contribution in [0.2, 0.25) is 0 Å². The Labute approximate surface area is 183 Å². The number of esters is 1. The molecule has 0 saturated heterocycles. The molecule has 3 rings (SSSR count). The van der Waals surface area contributed by atoms with Gasteiger partial charge in [0.05, 0.1) is 7.11 Å². The summed E-state index contributed by atoms with van der Waals surface area (Å²) in [6, 6.07) is 20.1. The molecule has 4 heteroatoms. The molecule has 0 aromatic heterocycles. The lowest BCUT2D eigenvalue weighted by molar-refractivity contribution is -0.146. The van der Waals surface area contributed by atoms with Crippen LogP contribution >= 0.6 is 0 Å². The molecule has 0 aliphatic heterocycles. The first kappa shape index (κ1) is 22.3. The molecule has 0 aliphatic carbocycles. The Balaban J connectivity index is 2.02. The number of benzene rings is 3. The minimum atomic E-state index is -1.13. The molecule has 1 amide bonds. The summed E-state index contributed by atoms with van der Waals surface area (Å²) >= 11 is 0. The van der Waals surface area contributed by atoms with Crippen molar-refractivity contribution in [2.24, 2.45) is 0 Å². The van der Waals surface area contributed by atoms with Crippen LogP contribution in [0, 0.1) is 0 Å². The van der Waals surface area contributed by atoms with E-state index in [9.17, 15) is 9.59 Å². The number of fused-ring (bicyclic) bond motifs is 1. The lowest BCUT2D eigenvalue weighted by Crippen LogP contribution is -2.50. The van der Waals surface area contributed by atoms with Crippen molar-refractivity contribution >= 4 is 34.8 Å². The number of ether oxygens (including phenoxy) is 1. The molecule has 3 aromatic carbocycles. The second kappa shape index (κ2) is 9.17. The molecule has 0 unspecified atom stereocenters. The van der Waals surface area contributed by atoms with Crippen LogP contribution in [0.5, 0.6) is 0 Å². The van der Waals surface area contributed by atoms with E-state index >= 15 is 0 Å².